The van der Waals surface area contributed by atoms with Gasteiger partial charge in [-0.2, -0.15) is 8.42 Å². The molecule has 7 aliphatic rings. The minimum atomic E-state index is -5.54. The molecule has 7 rings (SSSR count). The fourth-order valence-electron chi connectivity index (χ4n) is 12.5. The predicted octanol–water partition coefficient (Wildman–Crippen LogP) is -16.7. The summed E-state index contributed by atoms with van der Waals surface area (Å²) in [7, 11) is -5.54. The Morgan fingerprint density at radius 3 is 1.21 bits per heavy atom. The Hall–Kier alpha value is -4.06. The first-order valence-electron chi connectivity index (χ1n) is 30.9. The largest absolute Gasteiger partial charge is 0.477 e. The van der Waals surface area contributed by atoms with Crippen LogP contribution in [-0.4, -0.2) is 411 Å². The van der Waals surface area contributed by atoms with Gasteiger partial charge in [0.05, 0.1) is 58.4 Å². The van der Waals surface area contributed by atoms with Gasteiger partial charge in [-0.1, -0.05) is 0 Å². The molecular formula is C53H88N4O42S. The van der Waals surface area contributed by atoms with Crippen LogP contribution in [0.2, 0.25) is 0 Å². The van der Waals surface area contributed by atoms with Crippen molar-refractivity contribution in [1.29, 1.82) is 0 Å². The second-order valence-corrected chi connectivity index (χ2v) is 25.6. The van der Waals surface area contributed by atoms with Crippen LogP contribution in [0.15, 0.2) is 0 Å². The van der Waals surface area contributed by atoms with E-state index in [0.29, 0.717) is 0 Å². The average molecular weight is 1490 g/mol. The molecule has 7 fully saturated rings. The van der Waals surface area contributed by atoms with Gasteiger partial charge in [0.15, 0.2) is 37.7 Å². The third-order valence-electron chi connectivity index (χ3n) is 17.3. The van der Waals surface area contributed by atoms with Crippen LogP contribution in [0.3, 0.4) is 0 Å². The lowest BCUT2D eigenvalue weighted by Gasteiger charge is -2.51. The summed E-state index contributed by atoms with van der Waals surface area (Å²) in [6.45, 7) is -4.53. The van der Waals surface area contributed by atoms with Crippen LogP contribution in [0, 0.1) is 0 Å². The van der Waals surface area contributed by atoms with E-state index in [9.17, 15) is 139 Å². The van der Waals surface area contributed by atoms with Gasteiger partial charge < -0.3 is 185 Å². The third-order valence-corrected chi connectivity index (χ3v) is 17.8. The first-order valence-corrected chi connectivity index (χ1v) is 32.3. The highest BCUT2D eigenvalue weighted by atomic mass is 32.3. The number of aliphatic hydroxyl groups is 19. The van der Waals surface area contributed by atoms with Crippen LogP contribution in [-0.2, 0) is 100 Å². The highest BCUT2D eigenvalue weighted by molar-refractivity contribution is 7.80. The maximum atomic E-state index is 13.2. The second-order valence-electron chi connectivity index (χ2n) is 24.5. The molecule has 0 aromatic carbocycles. The molecule has 0 aromatic rings. The summed E-state index contributed by atoms with van der Waals surface area (Å²) in [4.78, 5) is 63.2. The molecule has 0 spiro atoms. The molecule has 4 amide bonds. The Balaban J connectivity index is 1.14. The van der Waals surface area contributed by atoms with E-state index in [4.69, 9.17) is 61.6 Å². The average Bonchev–Trinajstić information content (AvgIpc) is 0.761. The third kappa shape index (κ3) is 18.9. The van der Waals surface area contributed by atoms with Gasteiger partial charge >= 0.3 is 16.4 Å². The zero-order valence-electron chi connectivity index (χ0n) is 53.2. The monoisotopic (exact) mass is 1480 g/mol. The molecule has 46 nitrogen and oxygen atoms in total. The van der Waals surface area contributed by atoms with Crippen molar-refractivity contribution in [2.45, 2.75) is 254 Å². The molecule has 0 saturated carbocycles. The summed E-state index contributed by atoms with van der Waals surface area (Å²) >= 11 is 0. The van der Waals surface area contributed by atoms with E-state index >= 15 is 0 Å². The molecular weight excluding hydrogens is 1400 g/mol. The molecule has 0 aliphatic carbocycles. The quantitative estimate of drug-likeness (QED) is 0.0324. The molecule has 0 aromatic heterocycles. The summed E-state index contributed by atoms with van der Waals surface area (Å²) in [5.74, 6) is -9.17. The van der Waals surface area contributed by atoms with Gasteiger partial charge in [-0.15, -0.1) is 0 Å². The molecule has 578 valence electrons. The Kier molecular flexibility index (Phi) is 29.4. The van der Waals surface area contributed by atoms with Gasteiger partial charge in [0.25, 0.3) is 5.79 Å². The number of nitrogens with one attached hydrogen (secondary N) is 4. The van der Waals surface area contributed by atoms with Crippen LogP contribution >= 0.6 is 0 Å². The highest BCUT2D eigenvalue weighted by Crippen LogP contribution is 2.41. The van der Waals surface area contributed by atoms with E-state index in [0.717, 1.165) is 27.7 Å². The van der Waals surface area contributed by atoms with Crippen molar-refractivity contribution >= 4 is 40.0 Å². The number of carbonyl (C=O) groups is 5. The molecule has 7 saturated heterocycles. The molecule has 36 atom stereocenters. The smallest absolute Gasteiger partial charge is 0.397 e. The Labute approximate surface area is 565 Å². The number of carboxylic acids is 1. The first-order chi connectivity index (χ1) is 46.9. The van der Waals surface area contributed by atoms with Crippen LogP contribution in [0.5, 0.6) is 0 Å². The highest BCUT2D eigenvalue weighted by Gasteiger charge is 2.62. The number of amides is 4. The van der Waals surface area contributed by atoms with E-state index in [-0.39, 0.29) is 0 Å². The van der Waals surface area contributed by atoms with E-state index in [1.165, 1.54) is 0 Å². The Morgan fingerprint density at radius 2 is 0.800 bits per heavy atom. The van der Waals surface area contributed by atoms with Gasteiger partial charge in [-0.25, -0.2) is 8.98 Å². The maximum Gasteiger partial charge on any atom is 0.397 e. The number of hydrogen-bond acceptors (Lipinski definition) is 40. The van der Waals surface area contributed by atoms with E-state index in [2.05, 4.69) is 25.5 Å². The fraction of sp³-hybridized carbons (Fsp3) is 0.906. The molecule has 0 bridgehead atoms. The van der Waals surface area contributed by atoms with E-state index in [1.54, 1.807) is 0 Å². The zero-order valence-corrected chi connectivity index (χ0v) is 54.1. The Bertz CT molecular complexity index is 2810. The maximum absolute atomic E-state index is 13.2. The van der Waals surface area contributed by atoms with Gasteiger partial charge in [0.1, 0.15) is 165 Å². The van der Waals surface area contributed by atoms with E-state index in [1.807, 2.05) is 0 Å². The molecule has 7 aliphatic heterocycles. The number of aliphatic hydroxyl groups excluding tert-OH is 19. The minimum absolute atomic E-state index is 0.786. The summed E-state index contributed by atoms with van der Waals surface area (Å²) in [5, 5.41) is 230. The second kappa shape index (κ2) is 35.4. The number of carboxylic acid groups (broad SMARTS) is 1. The molecule has 47 heteroatoms. The van der Waals surface area contributed by atoms with Gasteiger partial charge in [0, 0.05) is 34.1 Å². The fourth-order valence-corrected chi connectivity index (χ4v) is 12.8. The molecule has 0 radical (unpaired) electrons. The number of carbonyl (C=O) groups excluding carboxylic acids is 4. The lowest BCUT2D eigenvalue weighted by molar-refractivity contribution is -0.391. The van der Waals surface area contributed by atoms with Crippen molar-refractivity contribution in [2.75, 3.05) is 46.2 Å². The van der Waals surface area contributed by atoms with Gasteiger partial charge in [-0.3, -0.25) is 23.7 Å². The predicted molar refractivity (Wildman–Crippen MR) is 306 cm³/mol. The summed E-state index contributed by atoms with van der Waals surface area (Å²) < 4.78 is 113. The zero-order chi connectivity index (χ0) is 74.5. The van der Waals surface area contributed by atoms with Crippen molar-refractivity contribution in [2.24, 2.45) is 0 Å². The van der Waals surface area contributed by atoms with Crippen molar-refractivity contribution in [1.82, 2.24) is 21.3 Å². The normalized spacial score (nSPS) is 44.8. The lowest BCUT2D eigenvalue weighted by Crippen LogP contribution is -2.71. The molecule has 7 heterocycles. The molecule has 0 unspecified atom stereocenters. The van der Waals surface area contributed by atoms with Crippen LogP contribution in [0.25, 0.3) is 0 Å². The number of rotatable bonds is 28. The molecule has 100 heavy (non-hydrogen) atoms. The standard InChI is InChI=1S/C53H88N4O42S/c1-13(64)54-25-17(68)5-53(52(81)82,98-42(25)29(70)18(69)6-58)99-45-33(74)22(10-62)90-51(38(45)79)94-40-24(12-86-100(83,84)85)92-48(27(35(40)76)56-15(3)66)97-43-31(72)20(8-60)88-49(36(43)77)93-39-23(11-63)91-47(26(34(39)75)55-14(2)65)96-44-32(73)21(9-61)89-50(37(44)78)95-41-28(57-16(4)67)46(80)87-19(7-59)30(41)71/h17-51,58-63,68-80H,5-12H2,1-4H3,(H,54,64)(H,55,65)(H,56,66)(H,57,67)(H,81,82)(H,83,84,85)/t17-,18+,19+,20+,21+,22+,23+,24+,25+,26+,27+,28+,29+,30-,31-,32-,33-,34+,35+,36+,37+,38+,39+,40+,41+,42+,43-,44-,45-,46+,47-,48-,49-,50-,51-,53-/m0/s1. The van der Waals surface area contributed by atoms with Gasteiger partial charge in [-0.05, 0) is 0 Å². The summed E-state index contributed by atoms with van der Waals surface area (Å²) in [6.07, 6.45) is -68.2. The van der Waals surface area contributed by atoms with Crippen LogP contribution < -0.4 is 21.3 Å². The van der Waals surface area contributed by atoms with Crippen LogP contribution in [0.4, 0.5) is 0 Å². The summed E-state index contributed by atoms with van der Waals surface area (Å²) in [5.41, 5.74) is 0. The number of aliphatic carboxylic acids is 1. The van der Waals surface area contributed by atoms with Crippen molar-refractivity contribution in [3.05, 3.63) is 0 Å². The van der Waals surface area contributed by atoms with Crippen LogP contribution in [0.1, 0.15) is 34.1 Å². The van der Waals surface area contributed by atoms with E-state index < -0.39 is 313 Å². The lowest BCUT2D eigenvalue weighted by atomic mass is 9.88. The van der Waals surface area contributed by atoms with Crippen molar-refractivity contribution in [3.63, 3.8) is 0 Å². The Morgan fingerprint density at radius 1 is 0.450 bits per heavy atom. The first kappa shape index (κ1) is 83.2. The van der Waals surface area contributed by atoms with Crippen molar-refractivity contribution in [3.8, 4) is 0 Å². The topological polar surface area (TPSA) is 722 Å². The SMILES string of the molecule is CC(=O)N[C@@H]1[C@@H](O[C@@H]2O[C@H](CO)[C@H](O)[C@H](O[C@@H]3O[C@H](CO)[C@@H](O[C@@H]4O[C@H](CO)[C@H](O)[C@H](O[C@@H]5O[C@H](COS(=O)(=O)O)[C@@H](O[C@@H]6O[C@H](CO)[C@H](O)[C@H](O[C@]7(C(=O)O)C[C@H](O)[C@@H](NC(C)=O)[C@H]([C@H](O)[C@H](O)CO)O7)[C@H]6O)[C@H](O)[C@H]5NC(C)=O)[C@H]4O)[C@H](O)[C@H]3NC(C)=O)[C@H]2O)[C@@H](O)[C@@H](CO)O[C@H]1O. The number of ether oxygens (including phenoxy) is 13. The summed E-state index contributed by atoms with van der Waals surface area (Å²) in [6, 6.07) is -7.44. The van der Waals surface area contributed by atoms with Gasteiger partial charge in [0.2, 0.25) is 23.6 Å². The molecule has 25 N–H and O–H groups in total. The minimum Gasteiger partial charge on any atom is -0.477 e. The number of hydrogen-bond donors (Lipinski definition) is 25. The van der Waals surface area contributed by atoms with Crippen molar-refractivity contribution < 1.29 is 205 Å².